The zero-order chi connectivity index (χ0) is 14.4. The van der Waals surface area contributed by atoms with Gasteiger partial charge in [0.1, 0.15) is 6.04 Å². The molecule has 1 aromatic heterocycles. The maximum Gasteiger partial charge on any atom is 0.327 e. The standard InChI is InChI=1S/C10H12BrN3O4S/c1-5(15)13-7(9(16)17)4-19-10-12-3-6(11)8(14-10)18-2/h3,7H,4H2,1-2H3,(H,13,15)(H,16,17). The molecule has 0 aliphatic rings. The fraction of sp³-hybridized carbons (Fsp3) is 0.400. The third-order valence-electron chi connectivity index (χ3n) is 1.94. The second-order valence-electron chi connectivity index (χ2n) is 3.41. The molecule has 0 radical (unpaired) electrons. The van der Waals surface area contributed by atoms with E-state index in [1.165, 1.54) is 20.2 Å². The summed E-state index contributed by atoms with van der Waals surface area (Å²) in [7, 11) is 1.47. The topological polar surface area (TPSA) is 101 Å². The first-order valence-corrected chi connectivity index (χ1v) is 6.91. The van der Waals surface area contributed by atoms with Crippen molar-refractivity contribution in [1.82, 2.24) is 15.3 Å². The lowest BCUT2D eigenvalue weighted by molar-refractivity contribution is -0.140. The molecule has 0 aliphatic heterocycles. The SMILES string of the molecule is COc1nc(SCC(NC(C)=O)C(=O)O)ncc1Br. The molecule has 0 saturated carbocycles. The van der Waals surface area contributed by atoms with Gasteiger partial charge in [0.2, 0.25) is 11.8 Å². The molecule has 1 atom stereocenters. The van der Waals surface area contributed by atoms with Crippen molar-refractivity contribution < 1.29 is 19.4 Å². The van der Waals surface area contributed by atoms with Gasteiger partial charge in [-0.15, -0.1) is 0 Å². The number of nitrogens with zero attached hydrogens (tertiary/aromatic N) is 2. The van der Waals surface area contributed by atoms with E-state index in [4.69, 9.17) is 9.84 Å². The first-order chi connectivity index (χ1) is 8.93. The molecule has 0 saturated heterocycles. The lowest BCUT2D eigenvalue weighted by Crippen LogP contribution is -2.41. The van der Waals surface area contributed by atoms with Crippen LogP contribution in [0.3, 0.4) is 0 Å². The van der Waals surface area contributed by atoms with E-state index >= 15 is 0 Å². The Bertz CT molecular complexity index is 486. The minimum Gasteiger partial charge on any atom is -0.480 e. The predicted octanol–water partition coefficient (Wildman–Crippen LogP) is 0.929. The zero-order valence-corrected chi connectivity index (χ0v) is 12.6. The largest absolute Gasteiger partial charge is 0.480 e. The molecular weight excluding hydrogens is 338 g/mol. The van der Waals surface area contributed by atoms with E-state index in [1.807, 2.05) is 0 Å². The quantitative estimate of drug-likeness (QED) is 0.581. The molecule has 104 valence electrons. The van der Waals surface area contributed by atoms with Crippen LogP contribution in [0.15, 0.2) is 15.8 Å². The minimum absolute atomic E-state index is 0.125. The van der Waals surface area contributed by atoms with Crippen LogP contribution >= 0.6 is 27.7 Å². The van der Waals surface area contributed by atoms with Crippen LogP contribution in [0.25, 0.3) is 0 Å². The van der Waals surface area contributed by atoms with Crippen LogP contribution in [0.4, 0.5) is 0 Å². The first kappa shape index (κ1) is 15.7. The molecule has 0 spiro atoms. The van der Waals surface area contributed by atoms with Crippen LogP contribution < -0.4 is 10.1 Å². The summed E-state index contributed by atoms with van der Waals surface area (Å²) in [5.41, 5.74) is 0. The molecule has 0 bridgehead atoms. The Kier molecular flexibility index (Phi) is 6.03. The lowest BCUT2D eigenvalue weighted by atomic mass is 10.3. The molecule has 1 unspecified atom stereocenters. The Hall–Kier alpha value is -1.35. The number of carboxylic acids is 1. The smallest absolute Gasteiger partial charge is 0.327 e. The number of halogens is 1. The molecule has 1 rings (SSSR count). The Balaban J connectivity index is 2.68. The van der Waals surface area contributed by atoms with Crippen molar-refractivity contribution in [3.63, 3.8) is 0 Å². The number of aliphatic carboxylic acids is 1. The Morgan fingerprint density at radius 1 is 1.63 bits per heavy atom. The monoisotopic (exact) mass is 349 g/mol. The Morgan fingerprint density at radius 3 is 2.84 bits per heavy atom. The van der Waals surface area contributed by atoms with E-state index in [1.54, 1.807) is 0 Å². The maximum absolute atomic E-state index is 10.9. The number of aromatic nitrogens is 2. The van der Waals surface area contributed by atoms with Gasteiger partial charge in [-0.3, -0.25) is 4.79 Å². The van der Waals surface area contributed by atoms with Crippen molar-refractivity contribution in [2.24, 2.45) is 0 Å². The fourth-order valence-electron chi connectivity index (χ4n) is 1.13. The number of carbonyl (C=O) groups excluding carboxylic acids is 1. The summed E-state index contributed by atoms with van der Waals surface area (Å²) in [6.45, 7) is 1.26. The highest BCUT2D eigenvalue weighted by atomic mass is 79.9. The predicted molar refractivity (Wildman–Crippen MR) is 72.2 cm³/mol. The van der Waals surface area contributed by atoms with Crippen molar-refractivity contribution in [3.05, 3.63) is 10.7 Å². The summed E-state index contributed by atoms with van der Waals surface area (Å²) in [6, 6.07) is -0.985. The average Bonchev–Trinajstić information content (AvgIpc) is 2.35. The molecule has 0 aromatic carbocycles. The van der Waals surface area contributed by atoms with Gasteiger partial charge >= 0.3 is 5.97 Å². The highest BCUT2D eigenvalue weighted by Gasteiger charge is 2.19. The van der Waals surface area contributed by atoms with E-state index in [2.05, 4.69) is 31.2 Å². The van der Waals surface area contributed by atoms with Gasteiger partial charge in [-0.2, -0.15) is 4.98 Å². The molecule has 7 nitrogen and oxygen atoms in total. The number of amides is 1. The number of methoxy groups -OCH3 is 1. The van der Waals surface area contributed by atoms with Gasteiger partial charge in [-0.25, -0.2) is 9.78 Å². The van der Waals surface area contributed by atoms with Crippen molar-refractivity contribution >= 4 is 39.6 Å². The Morgan fingerprint density at radius 2 is 2.32 bits per heavy atom. The molecule has 0 aliphatic carbocycles. The highest BCUT2D eigenvalue weighted by Crippen LogP contribution is 2.24. The van der Waals surface area contributed by atoms with Crippen LogP contribution in [0.2, 0.25) is 0 Å². The maximum atomic E-state index is 10.9. The van der Waals surface area contributed by atoms with Gasteiger partial charge in [0.25, 0.3) is 0 Å². The van der Waals surface area contributed by atoms with E-state index in [-0.39, 0.29) is 5.75 Å². The summed E-state index contributed by atoms with van der Waals surface area (Å²) in [5, 5.41) is 11.7. The van der Waals surface area contributed by atoms with Crippen LogP contribution in [0, 0.1) is 0 Å². The van der Waals surface area contributed by atoms with Gasteiger partial charge in [-0.1, -0.05) is 11.8 Å². The third kappa shape index (κ3) is 5.03. The van der Waals surface area contributed by atoms with Gasteiger partial charge in [0.15, 0.2) is 5.16 Å². The summed E-state index contributed by atoms with van der Waals surface area (Å²) in [5.74, 6) is -1.02. The number of nitrogens with one attached hydrogen (secondary N) is 1. The van der Waals surface area contributed by atoms with Crippen molar-refractivity contribution in [1.29, 1.82) is 0 Å². The normalized spacial score (nSPS) is 11.7. The second-order valence-corrected chi connectivity index (χ2v) is 5.25. The first-order valence-electron chi connectivity index (χ1n) is 5.13. The van der Waals surface area contributed by atoms with E-state index in [0.29, 0.717) is 15.5 Å². The van der Waals surface area contributed by atoms with E-state index in [9.17, 15) is 9.59 Å². The summed E-state index contributed by atoms with van der Waals surface area (Å²) in [4.78, 5) is 29.9. The average molecular weight is 350 g/mol. The molecule has 9 heteroatoms. The molecule has 1 aromatic rings. The van der Waals surface area contributed by atoms with Gasteiger partial charge < -0.3 is 15.2 Å². The number of thioether (sulfide) groups is 1. The van der Waals surface area contributed by atoms with Gasteiger partial charge in [0, 0.05) is 18.9 Å². The molecular formula is C10H12BrN3O4S. The van der Waals surface area contributed by atoms with Crippen LogP contribution in [0.5, 0.6) is 5.88 Å². The van der Waals surface area contributed by atoms with Crippen molar-refractivity contribution in [2.45, 2.75) is 18.1 Å². The number of ether oxygens (including phenoxy) is 1. The number of rotatable bonds is 6. The highest BCUT2D eigenvalue weighted by molar-refractivity contribution is 9.10. The summed E-state index contributed by atoms with van der Waals surface area (Å²) >= 11 is 4.33. The molecule has 2 N–H and O–H groups in total. The molecule has 19 heavy (non-hydrogen) atoms. The lowest BCUT2D eigenvalue weighted by Gasteiger charge is -2.12. The van der Waals surface area contributed by atoms with E-state index in [0.717, 1.165) is 11.8 Å². The number of hydrogen-bond donors (Lipinski definition) is 2. The number of carbonyl (C=O) groups is 2. The summed E-state index contributed by atoms with van der Waals surface area (Å²) < 4.78 is 5.61. The van der Waals surface area contributed by atoms with Crippen LogP contribution in [-0.4, -0.2) is 45.9 Å². The van der Waals surface area contributed by atoms with Gasteiger partial charge in [0.05, 0.1) is 11.6 Å². The Labute approximate surface area is 122 Å². The fourth-order valence-corrected chi connectivity index (χ4v) is 2.30. The summed E-state index contributed by atoms with van der Waals surface area (Å²) in [6.07, 6.45) is 1.52. The van der Waals surface area contributed by atoms with Crippen molar-refractivity contribution in [3.8, 4) is 5.88 Å². The molecule has 1 heterocycles. The zero-order valence-electron chi connectivity index (χ0n) is 10.2. The number of hydrogen-bond acceptors (Lipinski definition) is 6. The third-order valence-corrected chi connectivity index (χ3v) is 3.44. The minimum atomic E-state index is -1.10. The van der Waals surface area contributed by atoms with Gasteiger partial charge in [-0.05, 0) is 15.9 Å². The van der Waals surface area contributed by atoms with E-state index < -0.39 is 17.9 Å². The molecule has 1 amide bonds. The van der Waals surface area contributed by atoms with Crippen LogP contribution in [0.1, 0.15) is 6.92 Å². The van der Waals surface area contributed by atoms with Crippen LogP contribution in [-0.2, 0) is 9.59 Å². The second kappa shape index (κ2) is 7.29. The molecule has 0 fully saturated rings. The van der Waals surface area contributed by atoms with Crippen molar-refractivity contribution in [2.75, 3.05) is 12.9 Å². The number of carboxylic acid groups (broad SMARTS) is 1.